The number of ketones is 1. The van der Waals surface area contributed by atoms with Crippen molar-refractivity contribution in [1.29, 1.82) is 0 Å². The van der Waals surface area contributed by atoms with Crippen LogP contribution in [0.5, 0.6) is 0 Å². The molecule has 0 radical (unpaired) electrons. The van der Waals surface area contributed by atoms with Crippen molar-refractivity contribution in [1.82, 2.24) is 4.98 Å². The first-order chi connectivity index (χ1) is 13.5. The Hall–Kier alpha value is -2.73. The number of thiazole rings is 1. The van der Waals surface area contributed by atoms with E-state index >= 15 is 0 Å². The van der Waals surface area contributed by atoms with Gasteiger partial charge in [-0.3, -0.25) is 9.59 Å². The number of hydrogen-bond acceptors (Lipinski definition) is 5. The second-order valence-electron chi connectivity index (χ2n) is 7.16. The largest absolute Gasteiger partial charge is 0.466 e. The van der Waals surface area contributed by atoms with E-state index in [4.69, 9.17) is 4.42 Å². The molecule has 1 aliphatic carbocycles. The van der Waals surface area contributed by atoms with Crippen LogP contribution in [0.15, 0.2) is 34.1 Å². The summed E-state index contributed by atoms with van der Waals surface area (Å²) in [6.45, 7) is 3.27. The quantitative estimate of drug-likeness (QED) is 0.599. The first-order valence-electron chi connectivity index (χ1n) is 9.47. The normalized spacial score (nSPS) is 12.8. The smallest absolute Gasteiger partial charge is 0.226 e. The Morgan fingerprint density at radius 2 is 2.04 bits per heavy atom. The van der Waals surface area contributed by atoms with E-state index in [0.717, 1.165) is 24.1 Å². The number of carbonyl (C=O) groups excluding carboxylic acids is 2. The maximum Gasteiger partial charge on any atom is 0.226 e. The molecular formula is C22H22N2O3S. The molecule has 144 valence electrons. The van der Waals surface area contributed by atoms with Gasteiger partial charge in [-0.1, -0.05) is 12.1 Å². The Morgan fingerprint density at radius 3 is 2.82 bits per heavy atom. The van der Waals surface area contributed by atoms with E-state index in [1.807, 2.05) is 5.38 Å². The van der Waals surface area contributed by atoms with E-state index in [2.05, 4.69) is 28.5 Å². The number of nitrogens with zero attached hydrogens (tertiary/aromatic N) is 1. The highest BCUT2D eigenvalue weighted by atomic mass is 32.1. The van der Waals surface area contributed by atoms with Gasteiger partial charge in [0.2, 0.25) is 5.91 Å². The second kappa shape index (κ2) is 7.72. The third kappa shape index (κ3) is 3.92. The summed E-state index contributed by atoms with van der Waals surface area (Å²) in [6.07, 6.45) is 4.24. The molecule has 0 fully saturated rings. The molecule has 1 aliphatic rings. The van der Waals surface area contributed by atoms with Gasteiger partial charge in [0.1, 0.15) is 11.5 Å². The van der Waals surface area contributed by atoms with Gasteiger partial charge in [0.15, 0.2) is 10.9 Å². The Balaban J connectivity index is 1.36. The van der Waals surface area contributed by atoms with Crippen molar-refractivity contribution < 1.29 is 14.0 Å². The van der Waals surface area contributed by atoms with Crippen molar-refractivity contribution in [2.24, 2.45) is 0 Å². The summed E-state index contributed by atoms with van der Waals surface area (Å²) < 4.78 is 5.56. The van der Waals surface area contributed by atoms with Gasteiger partial charge in [-0.2, -0.15) is 0 Å². The van der Waals surface area contributed by atoms with Crippen LogP contribution in [0.4, 0.5) is 5.13 Å². The molecule has 1 amide bonds. The van der Waals surface area contributed by atoms with Crippen LogP contribution in [0.1, 0.15) is 52.8 Å². The SMILES string of the molecule is CC(=O)c1cc(CCC(=O)Nc2nc(-c3ccc4c(c3)CCC4)cs2)oc1C. The number of rotatable bonds is 6. The minimum atomic E-state index is -0.117. The van der Waals surface area contributed by atoms with Crippen LogP contribution in [0.3, 0.4) is 0 Å². The molecule has 4 rings (SSSR count). The molecule has 0 aliphatic heterocycles. The average molecular weight is 394 g/mol. The standard InChI is InChI=1S/C22H22N2O3S/c1-13(25)19-11-18(27-14(19)2)8-9-21(26)24-22-23-20(12-28-22)17-7-6-15-4-3-5-16(15)10-17/h6-7,10-12H,3-5,8-9H2,1-2H3,(H,23,24,26). The number of benzene rings is 1. The lowest BCUT2D eigenvalue weighted by molar-refractivity contribution is -0.116. The van der Waals surface area contributed by atoms with Crippen LogP contribution in [-0.4, -0.2) is 16.7 Å². The van der Waals surface area contributed by atoms with Crippen molar-refractivity contribution in [2.75, 3.05) is 5.32 Å². The Kier molecular flexibility index (Phi) is 5.13. The third-order valence-corrected chi connectivity index (χ3v) is 5.85. The molecule has 2 heterocycles. The Labute approximate surface area is 167 Å². The number of nitrogens with one attached hydrogen (secondary N) is 1. The molecule has 0 atom stereocenters. The minimum Gasteiger partial charge on any atom is -0.466 e. The summed E-state index contributed by atoms with van der Waals surface area (Å²) in [5, 5.41) is 5.43. The summed E-state index contributed by atoms with van der Waals surface area (Å²) in [4.78, 5) is 28.3. The molecule has 0 bridgehead atoms. The molecule has 3 aromatic rings. The molecule has 5 nitrogen and oxygen atoms in total. The lowest BCUT2D eigenvalue weighted by Crippen LogP contribution is -2.11. The highest BCUT2D eigenvalue weighted by Gasteiger charge is 2.15. The molecule has 0 spiro atoms. The summed E-state index contributed by atoms with van der Waals surface area (Å²) >= 11 is 1.43. The first kappa shape index (κ1) is 18.6. The lowest BCUT2D eigenvalue weighted by Gasteiger charge is -2.02. The Bertz CT molecular complexity index is 1050. The Morgan fingerprint density at radius 1 is 1.21 bits per heavy atom. The fraction of sp³-hybridized carbons (Fsp3) is 0.318. The zero-order valence-corrected chi connectivity index (χ0v) is 16.8. The molecule has 0 unspecified atom stereocenters. The molecule has 28 heavy (non-hydrogen) atoms. The molecule has 0 saturated carbocycles. The number of furan rings is 1. The molecule has 2 aromatic heterocycles. The molecule has 1 aromatic carbocycles. The predicted molar refractivity (Wildman–Crippen MR) is 110 cm³/mol. The molecule has 6 heteroatoms. The fourth-order valence-electron chi connectivity index (χ4n) is 3.63. The molecular weight excluding hydrogens is 372 g/mol. The number of carbonyl (C=O) groups is 2. The number of hydrogen-bond donors (Lipinski definition) is 1. The van der Waals surface area contributed by atoms with Gasteiger partial charge in [-0.05, 0) is 56.4 Å². The van der Waals surface area contributed by atoms with Crippen molar-refractivity contribution in [3.8, 4) is 11.3 Å². The number of aryl methyl sites for hydroxylation is 4. The van der Waals surface area contributed by atoms with Crippen LogP contribution < -0.4 is 5.32 Å². The highest BCUT2D eigenvalue weighted by molar-refractivity contribution is 7.14. The van der Waals surface area contributed by atoms with Gasteiger partial charge >= 0.3 is 0 Å². The maximum absolute atomic E-state index is 12.3. The summed E-state index contributed by atoms with van der Waals surface area (Å²) in [5.74, 6) is 1.10. The van der Waals surface area contributed by atoms with Crippen LogP contribution in [0.25, 0.3) is 11.3 Å². The number of aromatic nitrogens is 1. The zero-order chi connectivity index (χ0) is 19.7. The van der Waals surface area contributed by atoms with Crippen LogP contribution in [-0.2, 0) is 24.1 Å². The summed E-state index contributed by atoms with van der Waals surface area (Å²) in [6, 6.07) is 8.24. The number of fused-ring (bicyclic) bond motifs is 1. The van der Waals surface area contributed by atoms with Gasteiger partial charge in [0.05, 0.1) is 11.3 Å². The van der Waals surface area contributed by atoms with Crippen LogP contribution in [0, 0.1) is 6.92 Å². The van der Waals surface area contributed by atoms with Crippen molar-refractivity contribution in [2.45, 2.75) is 46.0 Å². The molecule has 0 saturated heterocycles. The monoisotopic (exact) mass is 394 g/mol. The van der Waals surface area contributed by atoms with Crippen molar-refractivity contribution >= 4 is 28.2 Å². The summed E-state index contributed by atoms with van der Waals surface area (Å²) in [7, 11) is 0. The van der Waals surface area contributed by atoms with E-state index in [0.29, 0.717) is 28.6 Å². The third-order valence-electron chi connectivity index (χ3n) is 5.09. The van der Waals surface area contributed by atoms with E-state index in [-0.39, 0.29) is 18.1 Å². The van der Waals surface area contributed by atoms with E-state index in [1.165, 1.54) is 35.8 Å². The zero-order valence-electron chi connectivity index (χ0n) is 16.0. The van der Waals surface area contributed by atoms with Gasteiger partial charge in [-0.25, -0.2) is 4.98 Å². The van der Waals surface area contributed by atoms with E-state index in [1.54, 1.807) is 13.0 Å². The second-order valence-corrected chi connectivity index (χ2v) is 8.02. The van der Waals surface area contributed by atoms with Crippen molar-refractivity contribution in [3.05, 3.63) is 57.9 Å². The van der Waals surface area contributed by atoms with Gasteiger partial charge in [-0.15, -0.1) is 11.3 Å². The van der Waals surface area contributed by atoms with Crippen molar-refractivity contribution in [3.63, 3.8) is 0 Å². The number of anilines is 1. The number of Topliss-reactive ketones (excluding diaryl/α,β-unsaturated/α-hetero) is 1. The van der Waals surface area contributed by atoms with Gasteiger partial charge in [0, 0.05) is 23.8 Å². The summed E-state index contributed by atoms with van der Waals surface area (Å²) in [5.41, 5.74) is 5.42. The first-order valence-corrected chi connectivity index (χ1v) is 10.4. The maximum atomic E-state index is 12.3. The van der Waals surface area contributed by atoms with Crippen LogP contribution >= 0.6 is 11.3 Å². The van der Waals surface area contributed by atoms with E-state index < -0.39 is 0 Å². The molecule has 1 N–H and O–H groups in total. The topological polar surface area (TPSA) is 72.2 Å². The number of amides is 1. The fourth-order valence-corrected chi connectivity index (χ4v) is 4.37. The van der Waals surface area contributed by atoms with Gasteiger partial charge < -0.3 is 9.73 Å². The average Bonchev–Trinajstić information content (AvgIpc) is 3.38. The van der Waals surface area contributed by atoms with Gasteiger partial charge in [0.25, 0.3) is 0 Å². The lowest BCUT2D eigenvalue weighted by atomic mass is 10.1. The van der Waals surface area contributed by atoms with E-state index in [9.17, 15) is 9.59 Å². The van der Waals surface area contributed by atoms with Crippen LogP contribution in [0.2, 0.25) is 0 Å². The predicted octanol–water partition coefficient (Wildman–Crippen LogP) is 4.97. The minimum absolute atomic E-state index is 0.0289. The highest BCUT2D eigenvalue weighted by Crippen LogP contribution is 2.30.